The standard InChI is InChI=1S/C14H14FN3O2/c15-13-2-8-6-17-11(4-12(8)20-13)14(19)18-10-3-9-1-7(10)5-16-9/h2,4,6-7,9-10,16H,1,3,5H2,(H,18,19). The molecule has 1 aliphatic carbocycles. The molecule has 2 aliphatic rings. The molecule has 6 heteroatoms. The Bertz CT molecular complexity index is 684. The average Bonchev–Trinajstić information content (AvgIpc) is 3.10. The van der Waals surface area contributed by atoms with E-state index in [1.807, 2.05) is 0 Å². The van der Waals surface area contributed by atoms with Crippen LogP contribution in [-0.4, -0.2) is 29.5 Å². The molecule has 2 aromatic heterocycles. The molecule has 2 aromatic rings. The van der Waals surface area contributed by atoms with E-state index < -0.39 is 6.01 Å². The van der Waals surface area contributed by atoms with Crippen molar-refractivity contribution in [2.24, 2.45) is 5.92 Å². The van der Waals surface area contributed by atoms with Gasteiger partial charge in [-0.2, -0.15) is 4.39 Å². The van der Waals surface area contributed by atoms with Crippen LogP contribution in [0.25, 0.3) is 11.0 Å². The number of fused-ring (bicyclic) bond motifs is 3. The number of hydrogen-bond donors (Lipinski definition) is 2. The van der Waals surface area contributed by atoms with E-state index in [9.17, 15) is 9.18 Å². The van der Waals surface area contributed by atoms with Crippen LogP contribution in [0.1, 0.15) is 23.3 Å². The van der Waals surface area contributed by atoms with Gasteiger partial charge in [0.15, 0.2) is 0 Å². The van der Waals surface area contributed by atoms with E-state index in [-0.39, 0.29) is 17.6 Å². The fourth-order valence-corrected chi connectivity index (χ4v) is 3.28. The van der Waals surface area contributed by atoms with Crippen molar-refractivity contribution in [3.8, 4) is 0 Å². The summed E-state index contributed by atoms with van der Waals surface area (Å²) < 4.78 is 17.9. The number of pyridine rings is 1. The van der Waals surface area contributed by atoms with Gasteiger partial charge in [-0.05, 0) is 18.8 Å². The van der Waals surface area contributed by atoms with E-state index in [0.29, 0.717) is 22.9 Å². The quantitative estimate of drug-likeness (QED) is 0.870. The third-order valence-electron chi connectivity index (χ3n) is 4.28. The molecule has 1 amide bonds. The molecule has 0 radical (unpaired) electrons. The minimum Gasteiger partial charge on any atom is -0.431 e. The predicted molar refractivity (Wildman–Crippen MR) is 69.7 cm³/mol. The van der Waals surface area contributed by atoms with Crippen LogP contribution in [0.2, 0.25) is 0 Å². The summed E-state index contributed by atoms with van der Waals surface area (Å²) in [6, 6.07) is 2.81. The van der Waals surface area contributed by atoms with Crippen LogP contribution in [0.15, 0.2) is 22.7 Å². The number of nitrogens with zero attached hydrogens (tertiary/aromatic N) is 1. The lowest BCUT2D eigenvalue weighted by Gasteiger charge is -2.23. The van der Waals surface area contributed by atoms with E-state index in [2.05, 4.69) is 15.6 Å². The summed E-state index contributed by atoms with van der Waals surface area (Å²) in [5.41, 5.74) is 0.611. The molecule has 3 atom stereocenters. The molecule has 4 rings (SSSR count). The SMILES string of the molecule is O=C(NC1CC2CC1CN2)c1cc2oc(F)cc2cn1. The summed E-state index contributed by atoms with van der Waals surface area (Å²) in [6.45, 7) is 0.964. The van der Waals surface area contributed by atoms with Crippen molar-refractivity contribution in [2.45, 2.75) is 24.9 Å². The molecular formula is C14H14FN3O2. The number of rotatable bonds is 2. The zero-order valence-corrected chi connectivity index (χ0v) is 10.7. The number of carbonyl (C=O) groups is 1. The zero-order valence-electron chi connectivity index (χ0n) is 10.7. The average molecular weight is 275 g/mol. The summed E-state index contributed by atoms with van der Waals surface area (Å²) >= 11 is 0. The van der Waals surface area contributed by atoms with Gasteiger partial charge >= 0.3 is 0 Å². The maximum Gasteiger partial charge on any atom is 0.278 e. The summed E-state index contributed by atoms with van der Waals surface area (Å²) in [4.78, 5) is 16.3. The highest BCUT2D eigenvalue weighted by molar-refractivity contribution is 5.95. The van der Waals surface area contributed by atoms with Crippen molar-refractivity contribution in [3.63, 3.8) is 0 Å². The molecule has 1 saturated carbocycles. The highest BCUT2D eigenvalue weighted by Crippen LogP contribution is 2.31. The summed E-state index contributed by atoms with van der Waals surface area (Å²) in [5, 5.41) is 6.98. The second kappa shape index (κ2) is 4.28. The van der Waals surface area contributed by atoms with Gasteiger partial charge in [-0.1, -0.05) is 0 Å². The topological polar surface area (TPSA) is 67.2 Å². The Morgan fingerprint density at radius 1 is 1.45 bits per heavy atom. The first-order valence-corrected chi connectivity index (χ1v) is 6.78. The van der Waals surface area contributed by atoms with E-state index in [0.717, 1.165) is 19.4 Å². The monoisotopic (exact) mass is 275 g/mol. The lowest BCUT2D eigenvalue weighted by atomic mass is 10.0. The molecule has 3 unspecified atom stereocenters. The third kappa shape index (κ3) is 1.87. The zero-order chi connectivity index (χ0) is 13.7. The summed E-state index contributed by atoms with van der Waals surface area (Å²) in [7, 11) is 0. The number of amides is 1. The van der Waals surface area contributed by atoms with Crippen molar-refractivity contribution in [1.82, 2.24) is 15.6 Å². The minimum absolute atomic E-state index is 0.208. The van der Waals surface area contributed by atoms with Crippen molar-refractivity contribution in [2.75, 3.05) is 6.54 Å². The molecule has 2 fully saturated rings. The molecule has 2 bridgehead atoms. The molecule has 2 N–H and O–H groups in total. The lowest BCUT2D eigenvalue weighted by molar-refractivity contribution is 0.0920. The van der Waals surface area contributed by atoms with Gasteiger partial charge < -0.3 is 15.1 Å². The summed E-state index contributed by atoms with van der Waals surface area (Å²) in [6.07, 6.45) is 3.55. The Morgan fingerprint density at radius 2 is 2.35 bits per heavy atom. The normalized spacial score (nSPS) is 28.1. The van der Waals surface area contributed by atoms with Crippen LogP contribution in [0.3, 0.4) is 0 Å². The van der Waals surface area contributed by atoms with E-state index in [1.54, 1.807) is 0 Å². The molecule has 3 heterocycles. The highest BCUT2D eigenvalue weighted by atomic mass is 19.1. The van der Waals surface area contributed by atoms with Crippen molar-refractivity contribution < 1.29 is 13.6 Å². The molecular weight excluding hydrogens is 261 g/mol. The third-order valence-corrected chi connectivity index (χ3v) is 4.28. The molecule has 0 spiro atoms. The first kappa shape index (κ1) is 11.8. The molecule has 0 aromatic carbocycles. The van der Waals surface area contributed by atoms with E-state index in [1.165, 1.54) is 18.3 Å². The lowest BCUT2D eigenvalue weighted by Crippen LogP contribution is -2.44. The summed E-state index contributed by atoms with van der Waals surface area (Å²) in [5.74, 6) is 0.287. The van der Waals surface area contributed by atoms with Crippen LogP contribution in [0.4, 0.5) is 4.39 Å². The van der Waals surface area contributed by atoms with Crippen molar-refractivity contribution in [1.29, 1.82) is 0 Å². The number of nitrogens with one attached hydrogen (secondary N) is 2. The van der Waals surface area contributed by atoms with Crippen LogP contribution >= 0.6 is 0 Å². The van der Waals surface area contributed by atoms with E-state index >= 15 is 0 Å². The number of aromatic nitrogens is 1. The van der Waals surface area contributed by atoms with Crippen molar-refractivity contribution in [3.05, 3.63) is 30.0 Å². The second-order valence-corrected chi connectivity index (χ2v) is 5.57. The Morgan fingerprint density at radius 3 is 3.10 bits per heavy atom. The first-order valence-electron chi connectivity index (χ1n) is 6.78. The van der Waals surface area contributed by atoms with Gasteiger partial charge in [0.2, 0.25) is 0 Å². The van der Waals surface area contributed by atoms with Crippen LogP contribution in [0, 0.1) is 11.9 Å². The van der Waals surface area contributed by atoms with Gasteiger partial charge in [-0.15, -0.1) is 0 Å². The highest BCUT2D eigenvalue weighted by Gasteiger charge is 2.40. The Hall–Kier alpha value is -1.95. The second-order valence-electron chi connectivity index (χ2n) is 5.57. The fraction of sp³-hybridized carbons (Fsp3) is 0.429. The van der Waals surface area contributed by atoms with Gasteiger partial charge in [0, 0.05) is 42.3 Å². The molecule has 1 saturated heterocycles. The Balaban J connectivity index is 1.54. The number of furan rings is 1. The number of hydrogen-bond acceptors (Lipinski definition) is 4. The van der Waals surface area contributed by atoms with Crippen molar-refractivity contribution >= 4 is 16.9 Å². The van der Waals surface area contributed by atoms with Gasteiger partial charge in [-0.3, -0.25) is 9.78 Å². The first-order chi connectivity index (χ1) is 9.69. The molecule has 20 heavy (non-hydrogen) atoms. The fourth-order valence-electron chi connectivity index (χ4n) is 3.28. The smallest absolute Gasteiger partial charge is 0.278 e. The Kier molecular flexibility index (Phi) is 2.53. The van der Waals surface area contributed by atoms with Crippen LogP contribution < -0.4 is 10.6 Å². The van der Waals surface area contributed by atoms with Gasteiger partial charge in [0.25, 0.3) is 11.9 Å². The predicted octanol–water partition coefficient (Wildman–Crippen LogP) is 1.45. The molecule has 104 valence electrons. The van der Waals surface area contributed by atoms with Crippen LogP contribution in [0.5, 0.6) is 0 Å². The van der Waals surface area contributed by atoms with Crippen LogP contribution in [-0.2, 0) is 0 Å². The number of piperidine rings is 1. The van der Waals surface area contributed by atoms with E-state index in [4.69, 9.17) is 4.42 Å². The maximum absolute atomic E-state index is 13.0. The maximum atomic E-state index is 13.0. The largest absolute Gasteiger partial charge is 0.431 e. The van der Waals surface area contributed by atoms with Gasteiger partial charge in [0.1, 0.15) is 11.3 Å². The number of carbonyl (C=O) groups excluding carboxylic acids is 1. The number of halogens is 1. The van der Waals surface area contributed by atoms with Gasteiger partial charge in [-0.25, -0.2) is 0 Å². The minimum atomic E-state index is -0.668. The Labute approximate surface area is 114 Å². The molecule has 5 nitrogen and oxygen atoms in total. The molecule has 1 aliphatic heterocycles. The van der Waals surface area contributed by atoms with Gasteiger partial charge in [0.05, 0.1) is 0 Å².